The van der Waals surface area contributed by atoms with Gasteiger partial charge in [-0.3, -0.25) is 10.1 Å². The third-order valence-electron chi connectivity index (χ3n) is 6.66. The molecule has 1 aromatic heterocycles. The Morgan fingerprint density at radius 2 is 1.58 bits per heavy atom. The summed E-state index contributed by atoms with van der Waals surface area (Å²) >= 11 is 0. The number of piperazine rings is 2. The van der Waals surface area contributed by atoms with Crippen LogP contribution in [0.25, 0.3) is 10.9 Å². The minimum absolute atomic E-state index is 0.0648. The average Bonchev–Trinajstić information content (AvgIpc) is 2.96. The van der Waals surface area contributed by atoms with Gasteiger partial charge in [0.2, 0.25) is 5.95 Å². The Kier molecular flexibility index (Phi) is 7.26. The fraction of sp³-hybridized carbons (Fsp3) is 0.400. The molecule has 13 heteroatoms. The first-order valence-corrected chi connectivity index (χ1v) is 12.3. The molecule has 2 fully saturated rings. The van der Waals surface area contributed by atoms with Crippen molar-refractivity contribution >= 4 is 34.4 Å². The fourth-order valence-corrected chi connectivity index (χ4v) is 4.58. The number of aromatic nitrogens is 2. The molecule has 3 heterocycles. The molecule has 1 N–H and O–H groups in total. The number of methoxy groups -OCH3 is 2. The Hall–Kier alpha value is -4.39. The second-order valence-electron chi connectivity index (χ2n) is 8.90. The van der Waals surface area contributed by atoms with Gasteiger partial charge in [0.1, 0.15) is 11.6 Å². The summed E-state index contributed by atoms with van der Waals surface area (Å²) in [5.74, 6) is 2.89. The summed E-state index contributed by atoms with van der Waals surface area (Å²) in [6.45, 7) is 5.26. The maximum atomic E-state index is 12.7. The largest absolute Gasteiger partial charge is 0.493 e. The summed E-state index contributed by atoms with van der Waals surface area (Å²) in [7, 11) is 3.20. The molecule has 3 aromatic rings. The van der Waals surface area contributed by atoms with Crippen LogP contribution in [-0.2, 0) is 0 Å². The Bertz CT molecular complexity index is 1320. The molecule has 0 bridgehead atoms. The van der Waals surface area contributed by atoms with Crippen LogP contribution < -0.4 is 29.3 Å². The van der Waals surface area contributed by atoms with E-state index in [9.17, 15) is 14.9 Å². The number of benzene rings is 2. The molecule has 5 rings (SSSR count). The maximum absolute atomic E-state index is 12.7. The summed E-state index contributed by atoms with van der Waals surface area (Å²) in [5, 5.41) is 15.1. The van der Waals surface area contributed by atoms with E-state index >= 15 is 0 Å². The van der Waals surface area contributed by atoms with E-state index in [1.165, 1.54) is 24.3 Å². The number of carbonyl (C=O) groups is 1. The summed E-state index contributed by atoms with van der Waals surface area (Å²) in [5.41, 5.74) is 0.686. The number of rotatable bonds is 6. The van der Waals surface area contributed by atoms with Gasteiger partial charge in [-0.15, -0.1) is 0 Å². The smallest absolute Gasteiger partial charge is 0.415 e. The van der Waals surface area contributed by atoms with E-state index in [-0.39, 0.29) is 11.4 Å². The van der Waals surface area contributed by atoms with Gasteiger partial charge < -0.3 is 34.2 Å². The van der Waals surface area contributed by atoms with Crippen molar-refractivity contribution in [3.8, 4) is 17.2 Å². The fourth-order valence-electron chi connectivity index (χ4n) is 4.58. The van der Waals surface area contributed by atoms with Crippen molar-refractivity contribution in [1.29, 1.82) is 0 Å². The first-order valence-electron chi connectivity index (χ1n) is 12.3. The topological polar surface area (TPSA) is 135 Å². The average molecular weight is 524 g/mol. The zero-order valence-corrected chi connectivity index (χ0v) is 21.3. The van der Waals surface area contributed by atoms with Gasteiger partial charge in [0.25, 0.3) is 5.69 Å². The number of non-ortho nitro benzene ring substituents is 1. The predicted octanol–water partition coefficient (Wildman–Crippen LogP) is 2.29. The molecule has 0 aliphatic carbocycles. The van der Waals surface area contributed by atoms with Crippen LogP contribution in [0.5, 0.6) is 17.2 Å². The van der Waals surface area contributed by atoms with Crippen molar-refractivity contribution in [2.24, 2.45) is 0 Å². The van der Waals surface area contributed by atoms with Crippen LogP contribution in [0.4, 0.5) is 22.2 Å². The van der Waals surface area contributed by atoms with E-state index < -0.39 is 11.0 Å². The molecule has 38 heavy (non-hydrogen) atoms. The molecule has 0 saturated carbocycles. The van der Waals surface area contributed by atoms with Crippen LogP contribution in [-0.4, -0.2) is 92.5 Å². The number of hydrogen-bond acceptors (Lipinski definition) is 11. The lowest BCUT2D eigenvalue weighted by Gasteiger charge is -2.35. The first-order chi connectivity index (χ1) is 18.5. The standard InChI is InChI=1S/C25H29N7O6/c1-36-21-15-19-20(16-22(21)37-2)27-24(28-23(19)29-9-7-26-8-10-29)30-11-13-31(14-12-30)25(33)38-18-5-3-17(4-6-18)32(34)35/h3-6,15-16,26H,7-14H2,1-2H3. The number of nitrogens with one attached hydrogen (secondary N) is 1. The van der Waals surface area contributed by atoms with Crippen molar-refractivity contribution in [3.63, 3.8) is 0 Å². The molecular weight excluding hydrogens is 494 g/mol. The molecule has 0 unspecified atom stereocenters. The van der Waals surface area contributed by atoms with Crippen molar-refractivity contribution in [3.05, 3.63) is 46.5 Å². The molecular formula is C25H29N7O6. The van der Waals surface area contributed by atoms with Gasteiger partial charge in [-0.05, 0) is 18.2 Å². The second-order valence-corrected chi connectivity index (χ2v) is 8.90. The number of amides is 1. The highest BCUT2D eigenvalue weighted by Gasteiger charge is 2.26. The van der Waals surface area contributed by atoms with Crippen LogP contribution in [0.2, 0.25) is 0 Å². The van der Waals surface area contributed by atoms with Gasteiger partial charge in [-0.1, -0.05) is 0 Å². The maximum Gasteiger partial charge on any atom is 0.415 e. The van der Waals surface area contributed by atoms with Crippen LogP contribution in [0.15, 0.2) is 36.4 Å². The van der Waals surface area contributed by atoms with Gasteiger partial charge >= 0.3 is 6.09 Å². The molecule has 0 spiro atoms. The Balaban J connectivity index is 1.34. The number of ether oxygens (including phenoxy) is 3. The monoisotopic (exact) mass is 523 g/mol. The Morgan fingerprint density at radius 1 is 0.921 bits per heavy atom. The van der Waals surface area contributed by atoms with Crippen molar-refractivity contribution in [1.82, 2.24) is 20.2 Å². The van der Waals surface area contributed by atoms with E-state index in [2.05, 4.69) is 15.1 Å². The van der Waals surface area contributed by atoms with Crippen molar-refractivity contribution < 1.29 is 23.9 Å². The van der Waals surface area contributed by atoms with Crippen LogP contribution in [0.3, 0.4) is 0 Å². The van der Waals surface area contributed by atoms with E-state index in [0.29, 0.717) is 43.6 Å². The minimum atomic E-state index is -0.503. The third kappa shape index (κ3) is 5.18. The molecule has 2 aliphatic rings. The number of fused-ring (bicyclic) bond motifs is 1. The van der Waals surface area contributed by atoms with E-state index in [1.807, 2.05) is 12.1 Å². The molecule has 0 radical (unpaired) electrons. The summed E-state index contributed by atoms with van der Waals surface area (Å²) in [6, 6.07) is 9.22. The molecule has 2 aliphatic heterocycles. The highest BCUT2D eigenvalue weighted by atomic mass is 16.6. The predicted molar refractivity (Wildman–Crippen MR) is 141 cm³/mol. The lowest BCUT2D eigenvalue weighted by atomic mass is 10.2. The van der Waals surface area contributed by atoms with Crippen LogP contribution in [0, 0.1) is 10.1 Å². The number of anilines is 2. The number of hydrogen-bond donors (Lipinski definition) is 1. The van der Waals surface area contributed by atoms with Crippen LogP contribution in [0.1, 0.15) is 0 Å². The minimum Gasteiger partial charge on any atom is -0.493 e. The van der Waals surface area contributed by atoms with E-state index in [1.54, 1.807) is 19.1 Å². The zero-order valence-electron chi connectivity index (χ0n) is 21.3. The lowest BCUT2D eigenvalue weighted by Crippen LogP contribution is -2.50. The zero-order chi connectivity index (χ0) is 26.6. The number of carbonyl (C=O) groups excluding carboxylic acids is 1. The lowest BCUT2D eigenvalue weighted by molar-refractivity contribution is -0.384. The summed E-state index contributed by atoms with van der Waals surface area (Å²) in [4.78, 5) is 38.7. The summed E-state index contributed by atoms with van der Waals surface area (Å²) < 4.78 is 16.4. The highest BCUT2D eigenvalue weighted by molar-refractivity contribution is 5.93. The second kappa shape index (κ2) is 10.9. The van der Waals surface area contributed by atoms with Crippen molar-refractivity contribution in [2.75, 3.05) is 76.4 Å². The molecule has 1 amide bonds. The van der Waals surface area contributed by atoms with Gasteiger partial charge in [-0.25, -0.2) is 9.78 Å². The first kappa shape index (κ1) is 25.3. The van der Waals surface area contributed by atoms with Gasteiger partial charge in [0.05, 0.1) is 24.7 Å². The van der Waals surface area contributed by atoms with Crippen LogP contribution >= 0.6 is 0 Å². The van der Waals surface area contributed by atoms with E-state index in [0.717, 1.165) is 42.9 Å². The van der Waals surface area contributed by atoms with Gasteiger partial charge in [-0.2, -0.15) is 4.98 Å². The number of nitro groups is 1. The Labute approximate surface area is 219 Å². The molecule has 0 atom stereocenters. The third-order valence-corrected chi connectivity index (χ3v) is 6.66. The molecule has 2 aromatic carbocycles. The summed E-state index contributed by atoms with van der Waals surface area (Å²) in [6.07, 6.45) is -0.503. The highest BCUT2D eigenvalue weighted by Crippen LogP contribution is 2.36. The van der Waals surface area contributed by atoms with Gasteiger partial charge in [0.15, 0.2) is 11.5 Å². The molecule has 2 saturated heterocycles. The SMILES string of the molecule is COc1cc2nc(N3CCN(C(=O)Oc4ccc([N+](=O)[O-])cc4)CC3)nc(N3CCNCC3)c2cc1OC. The molecule has 200 valence electrons. The quantitative estimate of drug-likeness (QED) is 0.376. The van der Waals surface area contributed by atoms with E-state index in [4.69, 9.17) is 24.2 Å². The van der Waals surface area contributed by atoms with Gasteiger partial charge in [0, 0.05) is 75.9 Å². The number of nitrogens with zero attached hydrogens (tertiary/aromatic N) is 6. The Morgan fingerprint density at radius 3 is 2.21 bits per heavy atom. The van der Waals surface area contributed by atoms with Crippen molar-refractivity contribution in [2.45, 2.75) is 0 Å². The normalized spacial score (nSPS) is 15.9. The number of nitro benzene ring substituents is 1. The molecule has 13 nitrogen and oxygen atoms in total.